The molecule has 2 rings (SSSR count). The fourth-order valence-electron chi connectivity index (χ4n) is 2.74. The van der Waals surface area contributed by atoms with Crippen LogP contribution in [0.2, 0.25) is 0 Å². The number of aryl methyl sites for hydroxylation is 1. The van der Waals surface area contributed by atoms with E-state index in [0.29, 0.717) is 10.8 Å². The summed E-state index contributed by atoms with van der Waals surface area (Å²) in [6.07, 6.45) is 3.22. The molecule has 2 heterocycles. The predicted molar refractivity (Wildman–Crippen MR) is 86.8 cm³/mol. The summed E-state index contributed by atoms with van der Waals surface area (Å²) in [5, 5.41) is 4.96. The van der Waals surface area contributed by atoms with Crippen molar-refractivity contribution in [2.24, 2.45) is 0 Å². The first-order valence-electron chi connectivity index (χ1n) is 7.40. The molecule has 2 unspecified atom stereocenters. The van der Waals surface area contributed by atoms with Crippen LogP contribution in [0, 0.1) is 6.92 Å². The molecule has 21 heavy (non-hydrogen) atoms. The van der Waals surface area contributed by atoms with Gasteiger partial charge >= 0.3 is 0 Å². The van der Waals surface area contributed by atoms with Crippen LogP contribution in [-0.4, -0.2) is 32.6 Å². The van der Waals surface area contributed by atoms with Gasteiger partial charge in [-0.25, -0.2) is 13.4 Å². The van der Waals surface area contributed by atoms with Crippen molar-refractivity contribution in [3.63, 3.8) is 0 Å². The summed E-state index contributed by atoms with van der Waals surface area (Å²) < 4.78 is 25.6. The molecule has 0 aliphatic carbocycles. The van der Waals surface area contributed by atoms with Gasteiger partial charge < -0.3 is 5.32 Å². The zero-order chi connectivity index (χ0) is 15.6. The molecule has 2 atom stereocenters. The highest BCUT2D eigenvalue weighted by Gasteiger charge is 2.30. The Morgan fingerprint density at radius 2 is 1.95 bits per heavy atom. The normalized spacial score (nSPS) is 24.4. The molecule has 2 N–H and O–H groups in total. The first-order chi connectivity index (χ1) is 9.85. The molecule has 0 bridgehead atoms. The lowest BCUT2D eigenvalue weighted by Crippen LogP contribution is -2.53. The van der Waals surface area contributed by atoms with Crippen molar-refractivity contribution in [2.45, 2.75) is 62.9 Å². The lowest BCUT2D eigenvalue weighted by Gasteiger charge is -2.38. The number of nitrogens with zero attached hydrogens (tertiary/aromatic N) is 1. The van der Waals surface area contributed by atoms with Crippen LogP contribution in [0.25, 0.3) is 0 Å². The summed E-state index contributed by atoms with van der Waals surface area (Å²) in [7, 11) is -1.62. The zero-order valence-electron chi connectivity index (χ0n) is 13.1. The summed E-state index contributed by atoms with van der Waals surface area (Å²) in [6.45, 7) is 6.80. The summed E-state index contributed by atoms with van der Waals surface area (Å²) in [6, 6.07) is 2.24. The van der Waals surface area contributed by atoms with Crippen molar-refractivity contribution in [3.05, 3.63) is 16.5 Å². The van der Waals surface area contributed by atoms with Crippen LogP contribution in [0.15, 0.2) is 10.3 Å². The van der Waals surface area contributed by atoms with Gasteiger partial charge in [-0.3, -0.25) is 0 Å². The first-order valence-corrected chi connectivity index (χ1v) is 9.70. The molecule has 1 aliphatic rings. The zero-order valence-corrected chi connectivity index (χ0v) is 14.8. The van der Waals surface area contributed by atoms with Crippen molar-refractivity contribution >= 4 is 21.4 Å². The lowest BCUT2D eigenvalue weighted by atomic mass is 10.0. The van der Waals surface area contributed by atoms with Crippen LogP contribution in [0.3, 0.4) is 0 Å². The first kappa shape index (κ1) is 16.9. The molecular weight excluding hydrogens is 306 g/mol. The van der Waals surface area contributed by atoms with Gasteiger partial charge in [-0.15, -0.1) is 16.2 Å². The summed E-state index contributed by atoms with van der Waals surface area (Å²) >= 11 is 1.34. The largest absolute Gasteiger partial charge is 0.315 e. The number of rotatable bonds is 5. The Labute approximate surface area is 131 Å². The molecule has 0 radical (unpaired) electrons. The van der Waals surface area contributed by atoms with Gasteiger partial charge in [0.1, 0.15) is 4.21 Å². The monoisotopic (exact) mass is 331 g/mol. The van der Waals surface area contributed by atoms with E-state index in [-0.39, 0.29) is 12.1 Å². The highest BCUT2D eigenvalue weighted by atomic mass is 32.2. The van der Waals surface area contributed by atoms with E-state index >= 15 is 0 Å². The second kappa shape index (κ2) is 6.75. The summed E-state index contributed by atoms with van der Waals surface area (Å²) in [4.78, 5) is 3.86. The molecule has 1 saturated heterocycles. The van der Waals surface area contributed by atoms with E-state index in [2.05, 4.69) is 24.0 Å². The number of piperidine rings is 1. The highest BCUT2D eigenvalue weighted by Crippen LogP contribution is 2.27. The average molecular weight is 332 g/mol. The predicted octanol–water partition coefficient (Wildman–Crippen LogP) is 2.23. The minimum absolute atomic E-state index is 0.237. The highest BCUT2D eigenvalue weighted by molar-refractivity contribution is 7.91. The van der Waals surface area contributed by atoms with Crippen LogP contribution in [0.4, 0.5) is 0 Å². The number of hydrazine groups is 1. The average Bonchev–Trinajstić information content (AvgIpc) is 2.77. The van der Waals surface area contributed by atoms with Crippen molar-refractivity contribution in [2.75, 3.05) is 7.05 Å². The van der Waals surface area contributed by atoms with Gasteiger partial charge in [0.05, 0.1) is 0 Å². The molecule has 7 heteroatoms. The van der Waals surface area contributed by atoms with E-state index in [4.69, 9.17) is 0 Å². The molecule has 1 aromatic rings. The SMILES string of the molecule is CNCc1sc(S(=O)(=O)NN2C(C)CCCC2C)cc1C. The van der Waals surface area contributed by atoms with Crippen LogP contribution >= 0.6 is 11.3 Å². The number of sulfonamides is 1. The fraction of sp³-hybridized carbons (Fsp3) is 0.714. The van der Waals surface area contributed by atoms with Gasteiger partial charge in [0.2, 0.25) is 0 Å². The lowest BCUT2D eigenvalue weighted by molar-refractivity contribution is 0.0791. The quantitative estimate of drug-likeness (QED) is 0.868. The van der Waals surface area contributed by atoms with Crippen molar-refractivity contribution in [1.82, 2.24) is 15.2 Å². The fourth-order valence-corrected chi connectivity index (χ4v) is 5.57. The molecule has 0 amide bonds. The topological polar surface area (TPSA) is 61.4 Å². The molecule has 1 aliphatic heterocycles. The van der Waals surface area contributed by atoms with Crippen molar-refractivity contribution in [1.29, 1.82) is 0 Å². The minimum atomic E-state index is -3.48. The molecule has 0 aromatic carbocycles. The minimum Gasteiger partial charge on any atom is -0.315 e. The Bertz CT molecular complexity index is 573. The Hall–Kier alpha value is -0.470. The molecule has 1 fully saturated rings. The van der Waals surface area contributed by atoms with Crippen LogP contribution in [-0.2, 0) is 16.6 Å². The molecular formula is C14H25N3O2S2. The maximum atomic E-state index is 12.6. The summed E-state index contributed by atoms with van der Waals surface area (Å²) in [5.41, 5.74) is 1.02. The van der Waals surface area contributed by atoms with Gasteiger partial charge in [-0.2, -0.15) is 0 Å². The smallest absolute Gasteiger partial charge is 0.262 e. The molecule has 1 aromatic heterocycles. The van der Waals surface area contributed by atoms with Crippen LogP contribution in [0.1, 0.15) is 43.6 Å². The van der Waals surface area contributed by atoms with E-state index in [0.717, 1.165) is 29.7 Å². The third-order valence-corrected chi connectivity index (χ3v) is 7.06. The van der Waals surface area contributed by atoms with Gasteiger partial charge in [-0.05, 0) is 52.3 Å². The summed E-state index contributed by atoms with van der Waals surface area (Å²) in [5.74, 6) is 0. The third kappa shape index (κ3) is 3.84. The van der Waals surface area contributed by atoms with Crippen molar-refractivity contribution < 1.29 is 8.42 Å². The van der Waals surface area contributed by atoms with Gasteiger partial charge in [0.25, 0.3) is 10.0 Å². The molecule has 5 nitrogen and oxygen atoms in total. The maximum Gasteiger partial charge on any atom is 0.262 e. The molecule has 0 saturated carbocycles. The standard InChI is InChI=1S/C14H25N3O2S2/c1-10-8-14(20-13(10)9-15-4)21(18,19)16-17-11(2)6-5-7-12(17)3/h8,11-12,15-16H,5-7,9H2,1-4H3. The number of hydrogen-bond acceptors (Lipinski definition) is 5. The van der Waals surface area contributed by atoms with Crippen LogP contribution in [0.5, 0.6) is 0 Å². The van der Waals surface area contributed by atoms with E-state index in [1.54, 1.807) is 6.07 Å². The third-order valence-electron chi connectivity index (χ3n) is 4.02. The van der Waals surface area contributed by atoms with E-state index in [1.165, 1.54) is 11.3 Å². The van der Waals surface area contributed by atoms with Gasteiger partial charge in [0.15, 0.2) is 0 Å². The van der Waals surface area contributed by atoms with E-state index in [1.807, 2.05) is 19.0 Å². The van der Waals surface area contributed by atoms with Gasteiger partial charge in [-0.1, -0.05) is 6.42 Å². The van der Waals surface area contributed by atoms with Gasteiger partial charge in [0, 0.05) is 23.5 Å². The van der Waals surface area contributed by atoms with Crippen LogP contribution < -0.4 is 10.1 Å². The van der Waals surface area contributed by atoms with Crippen molar-refractivity contribution in [3.8, 4) is 0 Å². The van der Waals surface area contributed by atoms with E-state index in [9.17, 15) is 8.42 Å². The Kier molecular flexibility index (Phi) is 5.43. The number of thiophene rings is 1. The molecule has 120 valence electrons. The van der Waals surface area contributed by atoms with E-state index < -0.39 is 10.0 Å². The number of hydrogen-bond donors (Lipinski definition) is 2. The maximum absolute atomic E-state index is 12.6. The number of nitrogens with one attached hydrogen (secondary N) is 2. The Balaban J connectivity index is 2.19. The Morgan fingerprint density at radius 1 is 1.33 bits per heavy atom. The molecule has 0 spiro atoms. The second-order valence-corrected chi connectivity index (χ2v) is 8.86. The Morgan fingerprint density at radius 3 is 2.52 bits per heavy atom. The second-order valence-electron chi connectivity index (χ2n) is 5.83.